The number of likely N-dealkylation sites (N-methyl/N-ethyl adjacent to an activating group) is 1. The molecule has 0 bridgehead atoms. The molecule has 0 radical (unpaired) electrons. The Morgan fingerprint density at radius 3 is 2.27 bits per heavy atom. The summed E-state index contributed by atoms with van der Waals surface area (Å²) in [5.74, 6) is -0.940. The lowest BCUT2D eigenvalue weighted by atomic mass is 10.1. The molecule has 1 aliphatic rings. The van der Waals surface area contributed by atoms with Crippen LogP contribution in [0.2, 0.25) is 0 Å². The number of hydrogen-bond acceptors (Lipinski definition) is 3. The Morgan fingerprint density at radius 2 is 1.68 bits per heavy atom. The number of anilines is 1. The standard InChI is InChI=1S/C14H16Cl3N3O2/c1-19-6-8-20(9-7-19)12(21)10-4-2-3-5-11(10)18-13(22)14(15,16)17/h2-5H,6-9H2,1H3,(H,18,22). The topological polar surface area (TPSA) is 52.6 Å². The third-order valence-corrected chi connectivity index (χ3v) is 3.97. The van der Waals surface area contributed by atoms with E-state index in [-0.39, 0.29) is 5.91 Å². The third-order valence-electron chi connectivity index (χ3n) is 3.45. The van der Waals surface area contributed by atoms with Crippen LogP contribution in [-0.2, 0) is 4.79 Å². The van der Waals surface area contributed by atoms with E-state index in [1.165, 1.54) is 0 Å². The van der Waals surface area contributed by atoms with Crippen LogP contribution in [0.1, 0.15) is 10.4 Å². The van der Waals surface area contributed by atoms with Crippen LogP contribution >= 0.6 is 34.8 Å². The molecule has 0 atom stereocenters. The average Bonchev–Trinajstić information content (AvgIpc) is 2.47. The zero-order valence-corrected chi connectivity index (χ0v) is 14.3. The Hall–Kier alpha value is -1.01. The van der Waals surface area contributed by atoms with E-state index in [1.807, 2.05) is 7.05 Å². The van der Waals surface area contributed by atoms with Gasteiger partial charge in [-0.1, -0.05) is 46.9 Å². The molecule has 0 saturated carbocycles. The van der Waals surface area contributed by atoms with Gasteiger partial charge in [-0.2, -0.15) is 0 Å². The molecule has 2 amide bonds. The first-order chi connectivity index (χ1) is 10.3. The summed E-state index contributed by atoms with van der Waals surface area (Å²) in [7, 11) is 2.01. The molecule has 0 aromatic heterocycles. The highest BCUT2D eigenvalue weighted by molar-refractivity contribution is 6.76. The third kappa shape index (κ3) is 4.26. The second kappa shape index (κ2) is 7.04. The van der Waals surface area contributed by atoms with Gasteiger partial charge in [0, 0.05) is 26.2 Å². The van der Waals surface area contributed by atoms with Gasteiger partial charge in [-0.05, 0) is 19.2 Å². The first-order valence-electron chi connectivity index (χ1n) is 6.74. The Kier molecular flexibility index (Phi) is 5.55. The van der Waals surface area contributed by atoms with Crippen molar-refractivity contribution in [1.82, 2.24) is 9.80 Å². The van der Waals surface area contributed by atoms with Crippen molar-refractivity contribution < 1.29 is 9.59 Å². The van der Waals surface area contributed by atoms with Crippen molar-refractivity contribution in [2.75, 3.05) is 38.5 Å². The molecule has 0 spiro atoms. The van der Waals surface area contributed by atoms with Crippen LogP contribution in [0, 0.1) is 0 Å². The average molecular weight is 365 g/mol. The Bertz CT molecular complexity index is 567. The van der Waals surface area contributed by atoms with E-state index >= 15 is 0 Å². The minimum atomic E-state index is -2.08. The summed E-state index contributed by atoms with van der Waals surface area (Å²) in [4.78, 5) is 28.3. The van der Waals surface area contributed by atoms with E-state index in [0.29, 0.717) is 24.3 Å². The molecular weight excluding hydrogens is 349 g/mol. The second-order valence-corrected chi connectivity index (χ2v) is 7.37. The molecule has 0 aliphatic carbocycles. The number of alkyl halides is 3. The molecular formula is C14H16Cl3N3O2. The lowest BCUT2D eigenvalue weighted by Gasteiger charge is -2.32. The fourth-order valence-corrected chi connectivity index (χ4v) is 2.29. The molecule has 2 rings (SSSR count). The van der Waals surface area contributed by atoms with Gasteiger partial charge < -0.3 is 15.1 Å². The van der Waals surface area contributed by atoms with Crippen molar-refractivity contribution in [1.29, 1.82) is 0 Å². The van der Waals surface area contributed by atoms with Gasteiger partial charge in [-0.3, -0.25) is 9.59 Å². The summed E-state index contributed by atoms with van der Waals surface area (Å²) in [5, 5.41) is 2.49. The summed E-state index contributed by atoms with van der Waals surface area (Å²) in [6.45, 7) is 2.91. The zero-order chi connectivity index (χ0) is 16.3. The quantitative estimate of drug-likeness (QED) is 0.820. The minimum Gasteiger partial charge on any atom is -0.336 e. The fourth-order valence-electron chi connectivity index (χ4n) is 2.15. The largest absolute Gasteiger partial charge is 0.336 e. The molecule has 8 heteroatoms. The molecule has 120 valence electrons. The maximum absolute atomic E-state index is 12.6. The number of para-hydroxylation sites is 1. The Morgan fingerprint density at radius 1 is 1.09 bits per heavy atom. The van der Waals surface area contributed by atoms with Gasteiger partial charge in [0.05, 0.1) is 11.3 Å². The highest BCUT2D eigenvalue weighted by Gasteiger charge is 2.32. The zero-order valence-electron chi connectivity index (χ0n) is 12.0. The highest BCUT2D eigenvalue weighted by Crippen LogP contribution is 2.28. The van der Waals surface area contributed by atoms with Crippen LogP contribution < -0.4 is 5.32 Å². The lowest BCUT2D eigenvalue weighted by molar-refractivity contribution is -0.115. The van der Waals surface area contributed by atoms with Crippen LogP contribution in [0.4, 0.5) is 5.69 Å². The van der Waals surface area contributed by atoms with Gasteiger partial charge in [-0.25, -0.2) is 0 Å². The van der Waals surface area contributed by atoms with Crippen molar-refractivity contribution in [2.24, 2.45) is 0 Å². The SMILES string of the molecule is CN1CCN(C(=O)c2ccccc2NC(=O)C(Cl)(Cl)Cl)CC1. The Labute approximate surface area is 144 Å². The highest BCUT2D eigenvalue weighted by atomic mass is 35.6. The maximum Gasteiger partial charge on any atom is 0.276 e. The van der Waals surface area contributed by atoms with E-state index in [4.69, 9.17) is 34.8 Å². The number of amides is 2. The minimum absolute atomic E-state index is 0.145. The molecule has 22 heavy (non-hydrogen) atoms. The maximum atomic E-state index is 12.6. The number of hydrogen-bond donors (Lipinski definition) is 1. The van der Waals surface area contributed by atoms with Crippen molar-refractivity contribution in [2.45, 2.75) is 3.79 Å². The second-order valence-electron chi connectivity index (χ2n) is 5.09. The first-order valence-corrected chi connectivity index (χ1v) is 7.87. The molecule has 1 N–H and O–H groups in total. The van der Waals surface area contributed by atoms with Crippen LogP contribution in [0.3, 0.4) is 0 Å². The van der Waals surface area contributed by atoms with Crippen LogP contribution in [0.5, 0.6) is 0 Å². The van der Waals surface area contributed by atoms with Gasteiger partial charge in [0.2, 0.25) is 0 Å². The van der Waals surface area contributed by atoms with Crippen LogP contribution in [-0.4, -0.2) is 58.6 Å². The van der Waals surface area contributed by atoms with Crippen LogP contribution in [0.15, 0.2) is 24.3 Å². The summed E-state index contributed by atoms with van der Waals surface area (Å²) in [6, 6.07) is 6.69. The van der Waals surface area contributed by atoms with Gasteiger partial charge in [0.1, 0.15) is 0 Å². The van der Waals surface area contributed by atoms with Crippen molar-refractivity contribution in [3.05, 3.63) is 29.8 Å². The van der Waals surface area contributed by atoms with E-state index in [0.717, 1.165) is 13.1 Å². The van der Waals surface area contributed by atoms with Gasteiger partial charge in [-0.15, -0.1) is 0 Å². The Balaban J connectivity index is 2.17. The van der Waals surface area contributed by atoms with E-state index < -0.39 is 9.70 Å². The normalized spacial score (nSPS) is 16.5. The van der Waals surface area contributed by atoms with Crippen LogP contribution in [0.25, 0.3) is 0 Å². The van der Waals surface area contributed by atoms with Gasteiger partial charge in [0.15, 0.2) is 0 Å². The van der Waals surface area contributed by atoms with Crippen molar-refractivity contribution >= 4 is 52.3 Å². The molecule has 1 fully saturated rings. The van der Waals surface area contributed by atoms with E-state index in [2.05, 4.69) is 10.2 Å². The summed E-state index contributed by atoms with van der Waals surface area (Å²) >= 11 is 16.6. The summed E-state index contributed by atoms with van der Waals surface area (Å²) < 4.78 is -2.08. The molecule has 5 nitrogen and oxygen atoms in total. The molecule has 0 unspecified atom stereocenters. The lowest BCUT2D eigenvalue weighted by Crippen LogP contribution is -2.47. The van der Waals surface area contributed by atoms with Crippen molar-refractivity contribution in [3.63, 3.8) is 0 Å². The van der Waals surface area contributed by atoms with Gasteiger partial charge >= 0.3 is 0 Å². The van der Waals surface area contributed by atoms with Gasteiger partial charge in [0.25, 0.3) is 15.6 Å². The number of piperazine rings is 1. The number of rotatable bonds is 2. The molecule has 1 heterocycles. The number of nitrogens with one attached hydrogen (secondary N) is 1. The fraction of sp³-hybridized carbons (Fsp3) is 0.429. The molecule has 1 aliphatic heterocycles. The smallest absolute Gasteiger partial charge is 0.276 e. The van der Waals surface area contributed by atoms with Crippen molar-refractivity contribution in [3.8, 4) is 0 Å². The number of nitrogens with zero attached hydrogens (tertiary/aromatic N) is 2. The predicted octanol–water partition coefficient (Wildman–Crippen LogP) is 2.38. The van der Waals surface area contributed by atoms with E-state index in [9.17, 15) is 9.59 Å². The molecule has 1 aromatic carbocycles. The molecule has 1 saturated heterocycles. The number of carbonyl (C=O) groups is 2. The number of halogens is 3. The number of carbonyl (C=O) groups excluding carboxylic acids is 2. The monoisotopic (exact) mass is 363 g/mol. The summed E-state index contributed by atoms with van der Waals surface area (Å²) in [6.07, 6.45) is 0. The number of benzene rings is 1. The molecule has 1 aromatic rings. The predicted molar refractivity (Wildman–Crippen MR) is 88.8 cm³/mol. The first kappa shape index (κ1) is 17.3. The summed E-state index contributed by atoms with van der Waals surface area (Å²) in [5.41, 5.74) is 0.720. The van der Waals surface area contributed by atoms with E-state index in [1.54, 1.807) is 29.2 Å².